The zero-order chi connectivity index (χ0) is 20.6. The SMILES string of the molecule is CC(C)(C#N)NS(=O)(=O)c1cccc(-c2cnc3[nH]c(-c4cn[nH]c4)cc3c2)n1. The van der Waals surface area contributed by atoms with Gasteiger partial charge in [-0.1, -0.05) is 6.07 Å². The lowest BCUT2D eigenvalue weighted by molar-refractivity contribution is 0.533. The maximum atomic E-state index is 12.6. The van der Waals surface area contributed by atoms with Crippen LogP contribution in [0.5, 0.6) is 0 Å². The summed E-state index contributed by atoms with van der Waals surface area (Å²) in [6.07, 6.45) is 5.11. The van der Waals surface area contributed by atoms with Gasteiger partial charge in [-0.05, 0) is 38.1 Å². The molecule has 0 saturated carbocycles. The molecule has 3 N–H and O–H groups in total. The molecule has 0 amide bonds. The molecule has 10 heteroatoms. The van der Waals surface area contributed by atoms with Crippen LogP contribution in [0.1, 0.15) is 13.8 Å². The minimum absolute atomic E-state index is 0.161. The van der Waals surface area contributed by atoms with Crippen LogP contribution in [0.4, 0.5) is 0 Å². The van der Waals surface area contributed by atoms with Crippen LogP contribution in [0.3, 0.4) is 0 Å². The Kier molecular flexibility index (Phi) is 4.41. The number of rotatable bonds is 5. The number of aromatic amines is 2. The monoisotopic (exact) mass is 407 g/mol. The summed E-state index contributed by atoms with van der Waals surface area (Å²) in [5, 5.41) is 16.5. The number of hydrogen-bond acceptors (Lipinski definition) is 6. The van der Waals surface area contributed by atoms with Gasteiger partial charge in [-0.15, -0.1) is 0 Å². The molecule has 4 aromatic heterocycles. The minimum atomic E-state index is -3.95. The highest BCUT2D eigenvalue weighted by molar-refractivity contribution is 7.89. The van der Waals surface area contributed by atoms with Gasteiger partial charge in [0.2, 0.25) is 0 Å². The van der Waals surface area contributed by atoms with E-state index in [-0.39, 0.29) is 5.03 Å². The van der Waals surface area contributed by atoms with E-state index in [1.807, 2.05) is 18.2 Å². The smallest absolute Gasteiger partial charge is 0.259 e. The van der Waals surface area contributed by atoms with E-state index in [9.17, 15) is 8.42 Å². The van der Waals surface area contributed by atoms with Crippen molar-refractivity contribution < 1.29 is 8.42 Å². The molecule has 0 radical (unpaired) electrons. The van der Waals surface area contributed by atoms with Gasteiger partial charge in [0.15, 0.2) is 5.03 Å². The molecular weight excluding hydrogens is 390 g/mol. The first-order valence-corrected chi connectivity index (χ1v) is 10.2. The number of fused-ring (bicyclic) bond motifs is 1. The highest BCUT2D eigenvalue weighted by Crippen LogP contribution is 2.26. The molecule has 0 aromatic carbocycles. The molecule has 0 unspecified atom stereocenters. The Morgan fingerprint density at radius 2 is 2.00 bits per heavy atom. The number of nitrogens with zero attached hydrogens (tertiary/aromatic N) is 4. The minimum Gasteiger partial charge on any atom is -0.339 e. The van der Waals surface area contributed by atoms with Crippen molar-refractivity contribution in [1.29, 1.82) is 5.26 Å². The molecule has 0 fully saturated rings. The maximum absolute atomic E-state index is 12.6. The Labute approximate surface area is 166 Å². The molecule has 0 aliphatic rings. The maximum Gasteiger partial charge on any atom is 0.259 e. The lowest BCUT2D eigenvalue weighted by Crippen LogP contribution is -2.42. The zero-order valence-corrected chi connectivity index (χ0v) is 16.4. The fourth-order valence-corrected chi connectivity index (χ4v) is 4.14. The lowest BCUT2D eigenvalue weighted by Gasteiger charge is -2.17. The molecule has 0 aliphatic heterocycles. The third kappa shape index (κ3) is 3.73. The van der Waals surface area contributed by atoms with Crippen LogP contribution < -0.4 is 4.72 Å². The predicted molar refractivity (Wildman–Crippen MR) is 107 cm³/mol. The Bertz CT molecular complexity index is 1330. The quantitative estimate of drug-likeness (QED) is 0.464. The van der Waals surface area contributed by atoms with Crippen molar-refractivity contribution in [1.82, 2.24) is 29.9 Å². The summed E-state index contributed by atoms with van der Waals surface area (Å²) in [5.74, 6) is 0. The van der Waals surface area contributed by atoms with Gasteiger partial charge in [-0.25, -0.2) is 18.4 Å². The zero-order valence-electron chi connectivity index (χ0n) is 15.6. The first-order valence-electron chi connectivity index (χ1n) is 8.68. The second-order valence-corrected chi connectivity index (χ2v) is 8.66. The summed E-state index contributed by atoms with van der Waals surface area (Å²) in [6.45, 7) is 2.96. The van der Waals surface area contributed by atoms with Crippen molar-refractivity contribution in [3.8, 4) is 28.6 Å². The largest absolute Gasteiger partial charge is 0.339 e. The fourth-order valence-electron chi connectivity index (χ4n) is 2.85. The second kappa shape index (κ2) is 6.80. The highest BCUT2D eigenvalue weighted by Gasteiger charge is 2.27. The van der Waals surface area contributed by atoms with Gasteiger partial charge < -0.3 is 4.98 Å². The van der Waals surface area contributed by atoms with E-state index in [0.717, 1.165) is 16.6 Å². The summed E-state index contributed by atoms with van der Waals surface area (Å²) in [4.78, 5) is 11.9. The molecule has 4 aromatic rings. The van der Waals surface area contributed by atoms with Crippen molar-refractivity contribution in [3.63, 3.8) is 0 Å². The Morgan fingerprint density at radius 3 is 2.72 bits per heavy atom. The summed E-state index contributed by atoms with van der Waals surface area (Å²) in [5.41, 5.74) is 2.36. The average Bonchev–Trinajstić information content (AvgIpc) is 3.36. The number of hydrogen-bond donors (Lipinski definition) is 3. The third-order valence-electron chi connectivity index (χ3n) is 4.24. The highest BCUT2D eigenvalue weighted by atomic mass is 32.2. The van der Waals surface area contributed by atoms with Gasteiger partial charge >= 0.3 is 0 Å². The topological polar surface area (TPSA) is 140 Å². The number of nitriles is 1. The van der Waals surface area contributed by atoms with E-state index in [1.165, 1.54) is 19.9 Å². The normalized spacial score (nSPS) is 12.2. The summed E-state index contributed by atoms with van der Waals surface area (Å²) >= 11 is 0. The predicted octanol–water partition coefficient (Wildman–Crippen LogP) is 2.60. The van der Waals surface area contributed by atoms with Crippen LogP contribution in [-0.4, -0.2) is 39.1 Å². The molecule has 0 aliphatic carbocycles. The molecule has 0 spiro atoms. The molecule has 9 nitrogen and oxygen atoms in total. The summed E-state index contributed by atoms with van der Waals surface area (Å²) in [6, 6.07) is 10.4. The molecular formula is C19H17N7O2S. The summed E-state index contributed by atoms with van der Waals surface area (Å²) < 4.78 is 27.5. The fraction of sp³-hybridized carbons (Fsp3) is 0.158. The molecule has 0 bridgehead atoms. The van der Waals surface area contributed by atoms with Gasteiger partial charge in [-0.2, -0.15) is 15.1 Å². The third-order valence-corrected chi connectivity index (χ3v) is 5.80. The first kappa shape index (κ1) is 18.8. The number of pyridine rings is 2. The van der Waals surface area contributed by atoms with Crippen LogP contribution in [0.2, 0.25) is 0 Å². The molecule has 29 heavy (non-hydrogen) atoms. The van der Waals surface area contributed by atoms with Crippen molar-refractivity contribution in [2.75, 3.05) is 0 Å². The van der Waals surface area contributed by atoms with Crippen LogP contribution in [-0.2, 0) is 10.0 Å². The molecule has 146 valence electrons. The van der Waals surface area contributed by atoms with Gasteiger partial charge in [0.05, 0.1) is 23.7 Å². The van der Waals surface area contributed by atoms with E-state index < -0.39 is 15.6 Å². The van der Waals surface area contributed by atoms with Gasteiger partial charge in [-0.3, -0.25) is 5.10 Å². The first-order chi connectivity index (χ1) is 13.8. The van der Waals surface area contributed by atoms with E-state index in [4.69, 9.17) is 5.26 Å². The van der Waals surface area contributed by atoms with E-state index >= 15 is 0 Å². The van der Waals surface area contributed by atoms with Crippen LogP contribution in [0, 0.1) is 11.3 Å². The van der Waals surface area contributed by atoms with E-state index in [2.05, 4.69) is 29.9 Å². The average molecular weight is 407 g/mol. The van der Waals surface area contributed by atoms with E-state index in [0.29, 0.717) is 16.9 Å². The number of sulfonamides is 1. The Morgan fingerprint density at radius 1 is 1.17 bits per heavy atom. The molecule has 0 saturated heterocycles. The van der Waals surface area contributed by atoms with Gasteiger partial charge in [0.1, 0.15) is 11.2 Å². The van der Waals surface area contributed by atoms with Crippen LogP contribution in [0.15, 0.2) is 53.9 Å². The van der Waals surface area contributed by atoms with Crippen molar-refractivity contribution in [2.24, 2.45) is 0 Å². The van der Waals surface area contributed by atoms with Gasteiger partial charge in [0, 0.05) is 28.9 Å². The lowest BCUT2D eigenvalue weighted by atomic mass is 10.1. The van der Waals surface area contributed by atoms with Crippen LogP contribution >= 0.6 is 0 Å². The Balaban J connectivity index is 1.71. The van der Waals surface area contributed by atoms with E-state index in [1.54, 1.807) is 30.7 Å². The van der Waals surface area contributed by atoms with Gasteiger partial charge in [0.25, 0.3) is 10.0 Å². The van der Waals surface area contributed by atoms with Crippen molar-refractivity contribution >= 4 is 21.1 Å². The second-order valence-electron chi connectivity index (χ2n) is 7.04. The number of aromatic nitrogens is 5. The molecule has 0 atom stereocenters. The molecule has 4 rings (SSSR count). The number of nitrogens with one attached hydrogen (secondary N) is 3. The van der Waals surface area contributed by atoms with Crippen molar-refractivity contribution in [3.05, 3.63) is 48.9 Å². The Hall–Kier alpha value is -3.55. The standard InChI is InChI=1S/C19H17N7O2S/c1-19(2,11-20)26-29(27,28)17-5-3-4-15(24-17)13-6-12-7-16(14-9-22-23-10-14)25-18(12)21-8-13/h3-10,26H,1-2H3,(H,21,25)(H,22,23). The summed E-state index contributed by atoms with van der Waals surface area (Å²) in [7, 11) is -3.95. The van der Waals surface area contributed by atoms with Crippen molar-refractivity contribution in [2.45, 2.75) is 24.4 Å². The number of H-pyrrole nitrogens is 2. The van der Waals surface area contributed by atoms with Crippen LogP contribution in [0.25, 0.3) is 33.5 Å². The molecule has 4 heterocycles.